The van der Waals surface area contributed by atoms with E-state index >= 15 is 0 Å². The summed E-state index contributed by atoms with van der Waals surface area (Å²) in [5.41, 5.74) is 12.8. The minimum absolute atomic E-state index is 0.588. The lowest BCUT2D eigenvalue weighted by molar-refractivity contribution is 0.669. The van der Waals surface area contributed by atoms with Gasteiger partial charge in [0.15, 0.2) is 17.5 Å². The Morgan fingerprint density at radius 3 is 1.58 bits per heavy atom. The predicted molar refractivity (Wildman–Crippen MR) is 276 cm³/mol. The van der Waals surface area contributed by atoms with Crippen LogP contribution in [0, 0.1) is 0 Å². The molecule has 1 aliphatic rings. The molecule has 310 valence electrons. The van der Waals surface area contributed by atoms with Crippen LogP contribution in [0.15, 0.2) is 211 Å². The Hall–Kier alpha value is -8.93. The van der Waals surface area contributed by atoms with E-state index in [1.54, 1.807) is 0 Å². The second kappa shape index (κ2) is 13.8. The molecule has 1 aliphatic carbocycles. The van der Waals surface area contributed by atoms with Crippen LogP contribution in [0.3, 0.4) is 0 Å². The van der Waals surface area contributed by atoms with Gasteiger partial charge in [-0.1, -0.05) is 158 Å². The number of para-hydroxylation sites is 1. The summed E-state index contributed by atoms with van der Waals surface area (Å²) >= 11 is 0. The zero-order valence-corrected chi connectivity index (χ0v) is 36.0. The number of rotatable bonds is 4. The van der Waals surface area contributed by atoms with Crippen molar-refractivity contribution in [2.75, 3.05) is 0 Å². The van der Waals surface area contributed by atoms with Gasteiger partial charge in [-0.3, -0.25) is 0 Å². The molecular formula is C62H36N4O. The molecule has 3 heterocycles. The number of furan rings is 1. The normalized spacial score (nSPS) is 12.4. The first kappa shape index (κ1) is 36.4. The minimum Gasteiger partial charge on any atom is -0.456 e. The molecule has 0 bridgehead atoms. The van der Waals surface area contributed by atoms with Crippen molar-refractivity contribution >= 4 is 86.8 Å². The van der Waals surface area contributed by atoms with Gasteiger partial charge in [0.05, 0.1) is 16.7 Å². The van der Waals surface area contributed by atoms with E-state index in [2.05, 4.69) is 187 Å². The summed E-state index contributed by atoms with van der Waals surface area (Å²) in [7, 11) is 0. The summed E-state index contributed by atoms with van der Waals surface area (Å²) in [4.78, 5) is 16.6. The fraction of sp³-hybridized carbons (Fsp3) is 0.0161. The molecule has 3 aromatic heterocycles. The van der Waals surface area contributed by atoms with E-state index in [1.807, 2.05) is 24.3 Å². The van der Waals surface area contributed by atoms with Crippen LogP contribution in [0.4, 0.5) is 0 Å². The van der Waals surface area contributed by atoms with Crippen LogP contribution in [0.2, 0.25) is 0 Å². The smallest absolute Gasteiger partial charge is 0.166 e. The first-order valence-corrected chi connectivity index (χ1v) is 22.9. The number of fused-ring (bicyclic) bond motifs is 14. The maximum atomic E-state index is 6.45. The van der Waals surface area contributed by atoms with Gasteiger partial charge in [-0.05, 0) is 120 Å². The molecule has 0 radical (unpaired) electrons. The predicted octanol–water partition coefficient (Wildman–Crippen LogP) is 16.1. The summed E-state index contributed by atoms with van der Waals surface area (Å²) in [6.07, 6.45) is 0.802. The largest absolute Gasteiger partial charge is 0.456 e. The Kier molecular flexibility index (Phi) is 7.49. The van der Waals surface area contributed by atoms with Crippen LogP contribution in [-0.2, 0) is 6.42 Å². The molecule has 0 spiro atoms. The van der Waals surface area contributed by atoms with Gasteiger partial charge in [0.25, 0.3) is 0 Å². The number of hydrogen-bond acceptors (Lipinski definition) is 4. The Morgan fingerprint density at radius 2 is 0.866 bits per heavy atom. The Balaban J connectivity index is 1.09. The molecule has 0 N–H and O–H groups in total. The number of aromatic nitrogens is 4. The van der Waals surface area contributed by atoms with E-state index in [0.717, 1.165) is 72.5 Å². The number of hydrogen-bond donors (Lipinski definition) is 0. The van der Waals surface area contributed by atoms with Crippen molar-refractivity contribution in [1.82, 2.24) is 19.5 Å². The molecule has 0 fully saturated rings. The first-order chi connectivity index (χ1) is 33.2. The second-order valence-electron chi connectivity index (χ2n) is 17.9. The van der Waals surface area contributed by atoms with Crippen molar-refractivity contribution in [3.63, 3.8) is 0 Å². The van der Waals surface area contributed by atoms with E-state index in [1.165, 1.54) is 65.3 Å². The van der Waals surface area contributed by atoms with Crippen molar-refractivity contribution in [3.8, 4) is 51.0 Å². The molecule has 14 aromatic rings. The van der Waals surface area contributed by atoms with Gasteiger partial charge in [0.1, 0.15) is 11.2 Å². The lowest BCUT2D eigenvalue weighted by Gasteiger charge is -2.18. The quantitative estimate of drug-likeness (QED) is 0.177. The maximum absolute atomic E-state index is 6.45. The van der Waals surface area contributed by atoms with Crippen LogP contribution >= 0.6 is 0 Å². The molecular weight excluding hydrogens is 817 g/mol. The Labute approximate surface area is 383 Å². The topological polar surface area (TPSA) is 56.7 Å². The van der Waals surface area contributed by atoms with E-state index in [9.17, 15) is 0 Å². The van der Waals surface area contributed by atoms with Crippen LogP contribution in [-0.4, -0.2) is 19.5 Å². The molecule has 0 unspecified atom stereocenters. The summed E-state index contributed by atoms with van der Waals surface area (Å²) in [5.74, 6) is 1.81. The second-order valence-corrected chi connectivity index (χ2v) is 17.9. The van der Waals surface area contributed by atoms with Crippen molar-refractivity contribution in [3.05, 3.63) is 217 Å². The summed E-state index contributed by atoms with van der Waals surface area (Å²) < 4.78 is 8.93. The standard InChI is InChI=1S/C62H36N4O/c1-3-17-40-33-54-51(29-38(40)15-1)52-30-39-16-2-4-18-41(39)34-55(52)66(54)56-35-49-42(31-50-44-21-8-6-14-37(44)27-28-45(49)50)32-53(56)62-64-60(46-23-11-19-36-13-5-7-20-43(36)46)63-61(65-62)48-24-12-26-58-59(48)47-22-9-10-25-57(47)67-58/h1-30,32-35H,31H2. The van der Waals surface area contributed by atoms with E-state index in [0.29, 0.717) is 17.5 Å². The van der Waals surface area contributed by atoms with Gasteiger partial charge < -0.3 is 8.98 Å². The summed E-state index contributed by atoms with van der Waals surface area (Å²) in [6.45, 7) is 0. The van der Waals surface area contributed by atoms with E-state index < -0.39 is 0 Å². The monoisotopic (exact) mass is 852 g/mol. The highest BCUT2D eigenvalue weighted by atomic mass is 16.3. The molecule has 11 aromatic carbocycles. The van der Waals surface area contributed by atoms with Crippen molar-refractivity contribution in [2.45, 2.75) is 6.42 Å². The van der Waals surface area contributed by atoms with Gasteiger partial charge in [-0.25, -0.2) is 15.0 Å². The molecule has 0 amide bonds. The highest BCUT2D eigenvalue weighted by molar-refractivity contribution is 6.17. The van der Waals surface area contributed by atoms with Crippen molar-refractivity contribution < 1.29 is 4.42 Å². The molecule has 5 nitrogen and oxygen atoms in total. The van der Waals surface area contributed by atoms with Gasteiger partial charge in [0, 0.05) is 38.2 Å². The molecule has 67 heavy (non-hydrogen) atoms. The number of benzene rings is 11. The Morgan fingerprint density at radius 1 is 0.343 bits per heavy atom. The van der Waals surface area contributed by atoms with Crippen LogP contribution in [0.25, 0.3) is 138 Å². The average molecular weight is 853 g/mol. The highest BCUT2D eigenvalue weighted by Crippen LogP contribution is 2.47. The first-order valence-electron chi connectivity index (χ1n) is 22.9. The third-order valence-corrected chi connectivity index (χ3v) is 14.2. The fourth-order valence-corrected chi connectivity index (χ4v) is 11.1. The van der Waals surface area contributed by atoms with Gasteiger partial charge >= 0.3 is 0 Å². The lowest BCUT2D eigenvalue weighted by atomic mass is 9.98. The number of nitrogens with zero attached hydrogens (tertiary/aromatic N) is 4. The van der Waals surface area contributed by atoms with E-state index in [-0.39, 0.29) is 0 Å². The van der Waals surface area contributed by atoms with Crippen LogP contribution < -0.4 is 0 Å². The maximum Gasteiger partial charge on any atom is 0.166 e. The van der Waals surface area contributed by atoms with Crippen molar-refractivity contribution in [2.24, 2.45) is 0 Å². The third kappa shape index (κ3) is 5.40. The summed E-state index contributed by atoms with van der Waals surface area (Å²) in [5, 5.41) is 13.9. The Bertz CT molecular complexity index is 4340. The van der Waals surface area contributed by atoms with Crippen LogP contribution in [0.5, 0.6) is 0 Å². The molecule has 0 saturated carbocycles. The van der Waals surface area contributed by atoms with Gasteiger partial charge in [-0.2, -0.15) is 0 Å². The third-order valence-electron chi connectivity index (χ3n) is 14.2. The molecule has 15 rings (SSSR count). The minimum atomic E-state index is 0.588. The molecule has 0 saturated heterocycles. The SMILES string of the molecule is c1ccc2cc3c(cc2c1)c1cc2ccccc2cc1n3-c1cc2c(cc1-c1nc(-c3cccc4ccccc34)nc(-c3cccc4oc5ccccc5c34)n1)Cc1c-2ccc2ccccc12. The zero-order chi connectivity index (χ0) is 43.7. The van der Waals surface area contributed by atoms with E-state index in [4.69, 9.17) is 19.4 Å². The molecule has 0 atom stereocenters. The average Bonchev–Trinajstić information content (AvgIpc) is 4.05. The lowest BCUT2D eigenvalue weighted by Crippen LogP contribution is -2.05. The van der Waals surface area contributed by atoms with Gasteiger partial charge in [-0.15, -0.1) is 0 Å². The molecule has 5 heteroatoms. The molecule has 0 aliphatic heterocycles. The summed E-state index contributed by atoms with van der Waals surface area (Å²) in [6, 6.07) is 74.2. The van der Waals surface area contributed by atoms with Crippen LogP contribution in [0.1, 0.15) is 11.1 Å². The van der Waals surface area contributed by atoms with Crippen molar-refractivity contribution in [1.29, 1.82) is 0 Å². The van der Waals surface area contributed by atoms with Gasteiger partial charge in [0.2, 0.25) is 0 Å². The zero-order valence-electron chi connectivity index (χ0n) is 36.0. The highest BCUT2D eigenvalue weighted by Gasteiger charge is 2.28. The fourth-order valence-electron chi connectivity index (χ4n) is 11.1.